The summed E-state index contributed by atoms with van der Waals surface area (Å²) in [6.07, 6.45) is 0. The molecule has 1 aromatic carbocycles. The van der Waals surface area contributed by atoms with Gasteiger partial charge in [-0.1, -0.05) is 19.9 Å². The number of ether oxygens (including phenoxy) is 1. The molecule has 0 aromatic heterocycles. The van der Waals surface area contributed by atoms with Crippen molar-refractivity contribution in [2.24, 2.45) is 5.92 Å². The lowest BCUT2D eigenvalue weighted by Gasteiger charge is -2.31. The maximum atomic E-state index is 11.9. The number of nitrogens with two attached hydrogens (primary N) is 1. The average molecular weight is 263 g/mol. The van der Waals surface area contributed by atoms with Gasteiger partial charge in [-0.25, -0.2) is 0 Å². The number of amides is 1. The summed E-state index contributed by atoms with van der Waals surface area (Å²) in [6.45, 7) is 6.41. The number of nitrogens with one attached hydrogen (secondary N) is 1. The number of carbonyl (C=O) groups excluding carboxylic acids is 1. The molecule has 0 fully saturated rings. The largest absolute Gasteiger partial charge is 0.489 e. The molecule has 0 radical (unpaired) electrons. The molecule has 0 spiro atoms. The number of rotatable bonds is 4. The second-order valence-electron chi connectivity index (χ2n) is 5.16. The topological polar surface area (TPSA) is 67.6 Å². The lowest BCUT2D eigenvalue weighted by atomic mass is 10.2. The first-order valence-electron chi connectivity index (χ1n) is 6.61. The molecule has 2 rings (SSSR count). The standard InChI is InChI=1S/C14H21N3O2/c1-10(2)8-16-13(18)9-17-6-7-19-12-5-3-4-11(15)14(12)17/h3-5,10H,6-9,15H2,1-2H3,(H,16,18). The number of benzene rings is 1. The van der Waals surface area contributed by atoms with Gasteiger partial charge < -0.3 is 20.7 Å². The SMILES string of the molecule is CC(C)CNC(=O)CN1CCOc2cccc(N)c21. The van der Waals surface area contributed by atoms with Crippen molar-refractivity contribution in [1.82, 2.24) is 5.32 Å². The Morgan fingerprint density at radius 2 is 2.32 bits per heavy atom. The minimum absolute atomic E-state index is 0.0183. The third kappa shape index (κ3) is 3.30. The fraction of sp³-hybridized carbons (Fsp3) is 0.500. The Bertz CT molecular complexity index is 460. The summed E-state index contributed by atoms with van der Waals surface area (Å²) in [6, 6.07) is 5.56. The van der Waals surface area contributed by atoms with E-state index in [1.54, 1.807) is 0 Å². The average Bonchev–Trinajstić information content (AvgIpc) is 2.37. The summed E-state index contributed by atoms with van der Waals surface area (Å²) in [5.74, 6) is 1.22. The maximum absolute atomic E-state index is 11.9. The quantitative estimate of drug-likeness (QED) is 0.802. The number of carbonyl (C=O) groups is 1. The lowest BCUT2D eigenvalue weighted by Crippen LogP contribution is -2.42. The second kappa shape index (κ2) is 5.82. The number of hydrogen-bond donors (Lipinski definition) is 2. The Hall–Kier alpha value is -1.91. The van der Waals surface area contributed by atoms with Crippen LogP contribution in [0.2, 0.25) is 0 Å². The predicted molar refractivity (Wildman–Crippen MR) is 76.4 cm³/mol. The van der Waals surface area contributed by atoms with Gasteiger partial charge in [-0.2, -0.15) is 0 Å². The zero-order valence-corrected chi connectivity index (χ0v) is 11.5. The Morgan fingerprint density at radius 3 is 3.05 bits per heavy atom. The van der Waals surface area contributed by atoms with Crippen molar-refractivity contribution in [3.05, 3.63) is 18.2 Å². The van der Waals surface area contributed by atoms with Crippen LogP contribution in [0, 0.1) is 5.92 Å². The summed E-state index contributed by atoms with van der Waals surface area (Å²) >= 11 is 0. The number of anilines is 2. The molecular formula is C14H21N3O2. The first kappa shape index (κ1) is 13.5. The number of para-hydroxylation sites is 1. The molecule has 1 aliphatic heterocycles. The predicted octanol–water partition coefficient (Wildman–Crippen LogP) is 1.24. The van der Waals surface area contributed by atoms with E-state index in [9.17, 15) is 4.79 Å². The molecule has 1 amide bonds. The molecule has 5 heteroatoms. The van der Waals surface area contributed by atoms with Crippen molar-refractivity contribution >= 4 is 17.3 Å². The molecule has 0 aliphatic carbocycles. The molecule has 0 atom stereocenters. The minimum Gasteiger partial charge on any atom is -0.489 e. The van der Waals surface area contributed by atoms with E-state index in [1.165, 1.54) is 0 Å². The highest BCUT2D eigenvalue weighted by atomic mass is 16.5. The van der Waals surface area contributed by atoms with Gasteiger partial charge in [-0.05, 0) is 18.1 Å². The van der Waals surface area contributed by atoms with Gasteiger partial charge in [0.2, 0.25) is 5.91 Å². The van der Waals surface area contributed by atoms with Crippen LogP contribution in [0.25, 0.3) is 0 Å². The molecule has 104 valence electrons. The van der Waals surface area contributed by atoms with E-state index in [4.69, 9.17) is 10.5 Å². The third-order valence-electron chi connectivity index (χ3n) is 3.01. The fourth-order valence-electron chi connectivity index (χ4n) is 2.08. The van der Waals surface area contributed by atoms with Crippen molar-refractivity contribution < 1.29 is 9.53 Å². The molecule has 19 heavy (non-hydrogen) atoms. The number of nitrogens with zero attached hydrogens (tertiary/aromatic N) is 1. The van der Waals surface area contributed by atoms with Crippen LogP contribution in [-0.2, 0) is 4.79 Å². The molecule has 1 heterocycles. The van der Waals surface area contributed by atoms with Crippen LogP contribution in [0.5, 0.6) is 5.75 Å². The number of fused-ring (bicyclic) bond motifs is 1. The Labute approximate surface area is 113 Å². The zero-order valence-electron chi connectivity index (χ0n) is 11.5. The highest BCUT2D eigenvalue weighted by molar-refractivity contribution is 5.85. The van der Waals surface area contributed by atoms with Crippen molar-refractivity contribution in [3.8, 4) is 5.75 Å². The van der Waals surface area contributed by atoms with E-state index in [-0.39, 0.29) is 5.91 Å². The van der Waals surface area contributed by atoms with Crippen LogP contribution in [-0.4, -0.2) is 32.1 Å². The van der Waals surface area contributed by atoms with E-state index in [2.05, 4.69) is 19.2 Å². The third-order valence-corrected chi connectivity index (χ3v) is 3.01. The summed E-state index contributed by atoms with van der Waals surface area (Å²) in [4.78, 5) is 13.9. The van der Waals surface area contributed by atoms with Gasteiger partial charge in [0.1, 0.15) is 18.0 Å². The van der Waals surface area contributed by atoms with Gasteiger partial charge in [-0.15, -0.1) is 0 Å². The number of nitrogen functional groups attached to an aromatic ring is 1. The van der Waals surface area contributed by atoms with Gasteiger partial charge in [-0.3, -0.25) is 4.79 Å². The summed E-state index contributed by atoms with van der Waals surface area (Å²) < 4.78 is 5.56. The summed E-state index contributed by atoms with van der Waals surface area (Å²) in [7, 11) is 0. The first-order chi connectivity index (χ1) is 9.08. The molecule has 0 bridgehead atoms. The van der Waals surface area contributed by atoms with Crippen molar-refractivity contribution in [1.29, 1.82) is 0 Å². The summed E-state index contributed by atoms with van der Waals surface area (Å²) in [5.41, 5.74) is 7.45. The normalized spacial score (nSPS) is 13.9. The molecule has 0 saturated carbocycles. The van der Waals surface area contributed by atoms with Crippen LogP contribution in [0.1, 0.15) is 13.8 Å². The molecule has 1 aliphatic rings. The Kier molecular flexibility index (Phi) is 4.14. The first-order valence-corrected chi connectivity index (χ1v) is 6.61. The van der Waals surface area contributed by atoms with Gasteiger partial charge >= 0.3 is 0 Å². The van der Waals surface area contributed by atoms with E-state index in [0.29, 0.717) is 37.8 Å². The smallest absolute Gasteiger partial charge is 0.239 e. The van der Waals surface area contributed by atoms with E-state index >= 15 is 0 Å². The van der Waals surface area contributed by atoms with E-state index in [1.807, 2.05) is 23.1 Å². The number of hydrogen-bond acceptors (Lipinski definition) is 4. The van der Waals surface area contributed by atoms with Gasteiger partial charge in [0, 0.05) is 6.54 Å². The van der Waals surface area contributed by atoms with E-state index in [0.717, 1.165) is 11.4 Å². The van der Waals surface area contributed by atoms with Crippen LogP contribution < -0.4 is 20.7 Å². The van der Waals surface area contributed by atoms with Crippen molar-refractivity contribution in [2.75, 3.05) is 36.9 Å². The molecular weight excluding hydrogens is 242 g/mol. The highest BCUT2D eigenvalue weighted by Gasteiger charge is 2.22. The molecule has 1 aromatic rings. The van der Waals surface area contributed by atoms with Crippen LogP contribution in [0.15, 0.2) is 18.2 Å². The molecule has 3 N–H and O–H groups in total. The lowest BCUT2D eigenvalue weighted by molar-refractivity contribution is -0.119. The zero-order chi connectivity index (χ0) is 13.8. The summed E-state index contributed by atoms with van der Waals surface area (Å²) in [5, 5.41) is 2.92. The van der Waals surface area contributed by atoms with Crippen molar-refractivity contribution in [2.45, 2.75) is 13.8 Å². The minimum atomic E-state index is 0.0183. The molecule has 0 saturated heterocycles. The van der Waals surface area contributed by atoms with Crippen LogP contribution in [0.3, 0.4) is 0 Å². The van der Waals surface area contributed by atoms with E-state index < -0.39 is 0 Å². The van der Waals surface area contributed by atoms with Gasteiger partial charge in [0.05, 0.1) is 18.8 Å². The van der Waals surface area contributed by atoms with Crippen LogP contribution >= 0.6 is 0 Å². The van der Waals surface area contributed by atoms with Crippen LogP contribution in [0.4, 0.5) is 11.4 Å². The maximum Gasteiger partial charge on any atom is 0.239 e. The fourth-order valence-corrected chi connectivity index (χ4v) is 2.08. The highest BCUT2D eigenvalue weighted by Crippen LogP contribution is 2.36. The Balaban J connectivity index is 2.05. The second-order valence-corrected chi connectivity index (χ2v) is 5.16. The monoisotopic (exact) mass is 263 g/mol. The molecule has 5 nitrogen and oxygen atoms in total. The van der Waals surface area contributed by atoms with Gasteiger partial charge in [0.25, 0.3) is 0 Å². The van der Waals surface area contributed by atoms with Crippen molar-refractivity contribution in [3.63, 3.8) is 0 Å². The molecule has 0 unspecified atom stereocenters. The Morgan fingerprint density at radius 1 is 1.53 bits per heavy atom. The van der Waals surface area contributed by atoms with Gasteiger partial charge in [0.15, 0.2) is 0 Å².